The predicted molar refractivity (Wildman–Crippen MR) is 64.8 cm³/mol. The Morgan fingerprint density at radius 3 is 2.33 bits per heavy atom. The van der Waals surface area contributed by atoms with E-state index in [2.05, 4.69) is 18.7 Å². The minimum Gasteiger partial charge on any atom is -0.328 e. The van der Waals surface area contributed by atoms with E-state index in [0.29, 0.717) is 6.04 Å². The molecule has 2 fully saturated rings. The molecule has 2 rings (SSSR count). The molecule has 0 bridgehead atoms. The number of hydrogen-bond donors (Lipinski definition) is 1. The van der Waals surface area contributed by atoms with Gasteiger partial charge in [-0.2, -0.15) is 0 Å². The van der Waals surface area contributed by atoms with Crippen LogP contribution in [0.3, 0.4) is 0 Å². The van der Waals surface area contributed by atoms with Gasteiger partial charge in [-0.1, -0.05) is 6.92 Å². The quantitative estimate of drug-likeness (QED) is 0.720. The summed E-state index contributed by atoms with van der Waals surface area (Å²) in [7, 11) is 0. The molecule has 2 unspecified atom stereocenters. The molecule has 1 saturated heterocycles. The summed E-state index contributed by atoms with van der Waals surface area (Å²) in [5.41, 5.74) is 5.97. The summed E-state index contributed by atoms with van der Waals surface area (Å²) < 4.78 is 0. The smallest absolute Gasteiger partial charge is 0.00993 e. The molecule has 0 spiro atoms. The molecule has 2 N–H and O–H groups in total. The Balaban J connectivity index is 1.91. The average molecular weight is 210 g/mol. The molecule has 2 heteroatoms. The first-order chi connectivity index (χ1) is 7.18. The number of piperidine rings is 1. The summed E-state index contributed by atoms with van der Waals surface area (Å²) in [5.74, 6) is 0.884. The topological polar surface area (TPSA) is 29.3 Å². The van der Waals surface area contributed by atoms with Crippen molar-refractivity contribution in [1.82, 2.24) is 4.90 Å². The molecule has 15 heavy (non-hydrogen) atoms. The molecule has 2 aliphatic rings. The van der Waals surface area contributed by atoms with Crippen LogP contribution in [0.4, 0.5) is 0 Å². The van der Waals surface area contributed by atoms with E-state index in [4.69, 9.17) is 5.73 Å². The van der Waals surface area contributed by atoms with E-state index in [1.54, 1.807) is 0 Å². The zero-order valence-electron chi connectivity index (χ0n) is 10.3. The fourth-order valence-corrected chi connectivity index (χ4v) is 3.32. The van der Waals surface area contributed by atoms with Gasteiger partial charge in [0.25, 0.3) is 0 Å². The van der Waals surface area contributed by atoms with Gasteiger partial charge in [-0.15, -0.1) is 0 Å². The van der Waals surface area contributed by atoms with Crippen molar-refractivity contribution in [3.63, 3.8) is 0 Å². The van der Waals surface area contributed by atoms with Gasteiger partial charge in [0, 0.05) is 18.1 Å². The van der Waals surface area contributed by atoms with E-state index < -0.39 is 0 Å². The minimum absolute atomic E-state index is 0.485. The molecule has 1 aliphatic heterocycles. The van der Waals surface area contributed by atoms with Crippen LogP contribution in [0.2, 0.25) is 0 Å². The zero-order valence-corrected chi connectivity index (χ0v) is 10.3. The highest BCUT2D eigenvalue weighted by Gasteiger charge is 2.31. The first kappa shape index (κ1) is 11.4. The third-order valence-corrected chi connectivity index (χ3v) is 4.63. The van der Waals surface area contributed by atoms with Gasteiger partial charge in [-0.3, -0.25) is 4.90 Å². The van der Waals surface area contributed by atoms with Crippen LogP contribution in [0.5, 0.6) is 0 Å². The Kier molecular flexibility index (Phi) is 3.68. The van der Waals surface area contributed by atoms with Crippen molar-refractivity contribution in [2.24, 2.45) is 11.7 Å². The van der Waals surface area contributed by atoms with Crippen molar-refractivity contribution in [2.45, 2.75) is 70.5 Å². The molecule has 1 heterocycles. The summed E-state index contributed by atoms with van der Waals surface area (Å²) in [6.45, 7) is 6.15. The van der Waals surface area contributed by atoms with Gasteiger partial charge in [0.05, 0.1) is 0 Å². The van der Waals surface area contributed by atoms with Crippen molar-refractivity contribution in [1.29, 1.82) is 0 Å². The van der Waals surface area contributed by atoms with Gasteiger partial charge in [0.1, 0.15) is 0 Å². The highest BCUT2D eigenvalue weighted by Crippen LogP contribution is 2.30. The van der Waals surface area contributed by atoms with Crippen LogP contribution in [-0.4, -0.2) is 29.6 Å². The van der Waals surface area contributed by atoms with E-state index in [1.165, 1.54) is 45.1 Å². The fraction of sp³-hybridized carbons (Fsp3) is 1.00. The van der Waals surface area contributed by atoms with Crippen LogP contribution in [0.1, 0.15) is 52.4 Å². The minimum atomic E-state index is 0.485. The van der Waals surface area contributed by atoms with E-state index in [1.807, 2.05) is 0 Å². The number of nitrogens with two attached hydrogens (primary N) is 1. The number of likely N-dealkylation sites (tertiary alicyclic amines) is 1. The van der Waals surface area contributed by atoms with Crippen LogP contribution in [0.15, 0.2) is 0 Å². The summed E-state index contributed by atoms with van der Waals surface area (Å²) in [5, 5.41) is 0. The summed E-state index contributed by atoms with van der Waals surface area (Å²) >= 11 is 0. The van der Waals surface area contributed by atoms with Crippen molar-refractivity contribution >= 4 is 0 Å². The molecule has 0 radical (unpaired) electrons. The third kappa shape index (κ3) is 2.54. The van der Waals surface area contributed by atoms with Gasteiger partial charge in [0.15, 0.2) is 0 Å². The molecule has 2 atom stereocenters. The van der Waals surface area contributed by atoms with Crippen molar-refractivity contribution in [2.75, 3.05) is 6.54 Å². The van der Waals surface area contributed by atoms with Crippen LogP contribution >= 0.6 is 0 Å². The SMILES string of the molecule is CC1CCCN(C2CCC(N)CC2)C1C. The highest BCUT2D eigenvalue weighted by molar-refractivity contribution is 4.87. The number of rotatable bonds is 1. The van der Waals surface area contributed by atoms with Gasteiger partial charge in [0.2, 0.25) is 0 Å². The maximum absolute atomic E-state index is 5.97. The van der Waals surface area contributed by atoms with Crippen molar-refractivity contribution in [3.8, 4) is 0 Å². The first-order valence-electron chi connectivity index (χ1n) is 6.70. The van der Waals surface area contributed by atoms with Gasteiger partial charge >= 0.3 is 0 Å². The highest BCUT2D eigenvalue weighted by atomic mass is 15.2. The Morgan fingerprint density at radius 2 is 1.67 bits per heavy atom. The molecule has 2 nitrogen and oxygen atoms in total. The van der Waals surface area contributed by atoms with Crippen molar-refractivity contribution in [3.05, 3.63) is 0 Å². The van der Waals surface area contributed by atoms with Crippen LogP contribution in [0.25, 0.3) is 0 Å². The van der Waals surface area contributed by atoms with Crippen LogP contribution < -0.4 is 5.73 Å². The molecule has 0 aromatic rings. The monoisotopic (exact) mass is 210 g/mol. The predicted octanol–water partition coefficient (Wildman–Crippen LogP) is 2.38. The summed E-state index contributed by atoms with van der Waals surface area (Å²) in [4.78, 5) is 2.76. The number of hydrogen-bond acceptors (Lipinski definition) is 2. The molecular formula is C13H26N2. The van der Waals surface area contributed by atoms with Gasteiger partial charge in [-0.25, -0.2) is 0 Å². The second-order valence-electron chi connectivity index (χ2n) is 5.67. The zero-order chi connectivity index (χ0) is 10.8. The molecule has 0 amide bonds. The Morgan fingerprint density at radius 1 is 1.00 bits per heavy atom. The van der Waals surface area contributed by atoms with E-state index in [9.17, 15) is 0 Å². The number of nitrogens with zero attached hydrogens (tertiary/aromatic N) is 1. The standard InChI is InChI=1S/C13H26N2/c1-10-4-3-9-15(11(10)2)13-7-5-12(14)6-8-13/h10-13H,3-9,14H2,1-2H3. The molecule has 1 saturated carbocycles. The summed E-state index contributed by atoms with van der Waals surface area (Å²) in [6.07, 6.45) is 7.96. The second-order valence-corrected chi connectivity index (χ2v) is 5.67. The lowest BCUT2D eigenvalue weighted by Crippen LogP contribution is -2.50. The fourth-order valence-electron chi connectivity index (χ4n) is 3.32. The molecule has 0 aromatic heterocycles. The normalized spacial score (nSPS) is 44.2. The Labute approximate surface area is 94.2 Å². The van der Waals surface area contributed by atoms with E-state index >= 15 is 0 Å². The Bertz CT molecular complexity index is 197. The lowest BCUT2D eigenvalue weighted by Gasteiger charge is -2.45. The maximum Gasteiger partial charge on any atom is 0.00993 e. The van der Waals surface area contributed by atoms with E-state index in [-0.39, 0.29) is 0 Å². The molecular weight excluding hydrogens is 184 g/mol. The lowest BCUT2D eigenvalue weighted by molar-refractivity contribution is 0.0481. The van der Waals surface area contributed by atoms with Gasteiger partial charge < -0.3 is 5.73 Å². The summed E-state index contributed by atoms with van der Waals surface area (Å²) in [6, 6.07) is 2.11. The lowest BCUT2D eigenvalue weighted by atomic mass is 9.85. The van der Waals surface area contributed by atoms with E-state index in [0.717, 1.165) is 18.0 Å². The van der Waals surface area contributed by atoms with Crippen molar-refractivity contribution < 1.29 is 0 Å². The second kappa shape index (κ2) is 4.84. The van der Waals surface area contributed by atoms with Crippen LogP contribution in [-0.2, 0) is 0 Å². The van der Waals surface area contributed by atoms with Gasteiger partial charge in [-0.05, 0) is 57.9 Å². The largest absolute Gasteiger partial charge is 0.328 e. The van der Waals surface area contributed by atoms with Crippen LogP contribution in [0, 0.1) is 5.92 Å². The Hall–Kier alpha value is -0.0800. The first-order valence-corrected chi connectivity index (χ1v) is 6.70. The molecule has 88 valence electrons. The third-order valence-electron chi connectivity index (χ3n) is 4.63. The maximum atomic E-state index is 5.97. The molecule has 1 aliphatic carbocycles. The molecule has 0 aromatic carbocycles. The average Bonchev–Trinajstić information content (AvgIpc) is 2.24.